The first-order chi connectivity index (χ1) is 8.15. The minimum Gasteiger partial charge on any atom is -0.398 e. The molecule has 0 saturated carbocycles. The van der Waals surface area contributed by atoms with Gasteiger partial charge < -0.3 is 16.3 Å². The highest BCUT2D eigenvalue weighted by Gasteiger charge is 1.93. The molecule has 0 radical (unpaired) electrons. The monoisotopic (exact) mass is 286 g/mol. The summed E-state index contributed by atoms with van der Waals surface area (Å²) in [7, 11) is 0. The third-order valence-electron chi connectivity index (χ3n) is 1.64. The van der Waals surface area contributed by atoms with E-state index in [1.807, 2.05) is 28.3 Å². The number of carbonyl (C=O) groups excluding carboxylic acids is 1. The largest absolute Gasteiger partial charge is 0.398 e. The van der Waals surface area contributed by atoms with E-state index in [9.17, 15) is 0 Å². The van der Waals surface area contributed by atoms with Crippen LogP contribution in [0.1, 0.15) is 26.2 Å². The fourth-order valence-electron chi connectivity index (χ4n) is 0.913. The summed E-state index contributed by atoms with van der Waals surface area (Å²) in [5, 5.41) is 5.88. The first-order valence-corrected chi connectivity index (χ1v) is 6.97. The average Bonchev–Trinajstić information content (AvgIpc) is 2.91. The third kappa shape index (κ3) is 8.78. The van der Waals surface area contributed by atoms with Crippen LogP contribution < -0.4 is 11.5 Å². The van der Waals surface area contributed by atoms with Crippen LogP contribution in [0, 0.1) is 0 Å². The summed E-state index contributed by atoms with van der Waals surface area (Å²) in [6.45, 7) is 3.56. The minimum absolute atomic E-state index is 0. The van der Waals surface area contributed by atoms with E-state index in [0.29, 0.717) is 0 Å². The SMILES string of the molecule is C.CC=O.CCc1sccc1N.Nc1ccsc1. The summed E-state index contributed by atoms with van der Waals surface area (Å²) in [5.74, 6) is 0. The van der Waals surface area contributed by atoms with Crippen LogP contribution in [-0.2, 0) is 11.2 Å². The van der Waals surface area contributed by atoms with Crippen molar-refractivity contribution in [3.8, 4) is 0 Å². The van der Waals surface area contributed by atoms with Gasteiger partial charge in [0.2, 0.25) is 0 Å². The molecule has 0 aromatic carbocycles. The lowest BCUT2D eigenvalue weighted by atomic mass is 10.3. The number of nitrogen functional groups attached to an aromatic ring is 2. The van der Waals surface area contributed by atoms with Gasteiger partial charge in [-0.1, -0.05) is 14.4 Å². The van der Waals surface area contributed by atoms with Gasteiger partial charge in [0.1, 0.15) is 6.29 Å². The Morgan fingerprint density at radius 1 is 1.28 bits per heavy atom. The molecule has 0 aliphatic rings. The Morgan fingerprint density at radius 3 is 2.06 bits per heavy atom. The second-order valence-corrected chi connectivity index (χ2v) is 4.73. The van der Waals surface area contributed by atoms with Crippen molar-refractivity contribution >= 4 is 40.3 Å². The number of nitrogens with two attached hydrogens (primary N) is 2. The van der Waals surface area contributed by atoms with Crippen molar-refractivity contribution in [2.75, 3.05) is 11.5 Å². The van der Waals surface area contributed by atoms with Crippen molar-refractivity contribution in [2.24, 2.45) is 0 Å². The van der Waals surface area contributed by atoms with Crippen molar-refractivity contribution in [1.29, 1.82) is 0 Å². The Bertz CT molecular complexity index is 397. The van der Waals surface area contributed by atoms with Crippen LogP contribution in [0.2, 0.25) is 0 Å². The number of rotatable bonds is 1. The summed E-state index contributed by atoms with van der Waals surface area (Å²) in [6, 6.07) is 3.83. The highest BCUT2D eigenvalue weighted by Crippen LogP contribution is 2.18. The van der Waals surface area contributed by atoms with E-state index in [0.717, 1.165) is 24.1 Å². The number of hydrogen-bond donors (Lipinski definition) is 2. The van der Waals surface area contributed by atoms with Crippen molar-refractivity contribution in [2.45, 2.75) is 27.7 Å². The Labute approximate surface area is 117 Å². The molecule has 0 aliphatic heterocycles. The third-order valence-corrected chi connectivity index (χ3v) is 3.43. The fourth-order valence-corrected chi connectivity index (χ4v) is 2.21. The van der Waals surface area contributed by atoms with Gasteiger partial charge in [-0.25, -0.2) is 0 Å². The standard InChI is InChI=1S/C6H9NS.C4H5NS.C2H4O.CH4/c1-2-6-5(7)3-4-8-6;5-4-1-2-6-3-4;1-2-3;/h3-4H,2,7H2,1H3;1-3H,5H2;2H,1H3;1H4. The molecule has 2 heterocycles. The van der Waals surface area contributed by atoms with Crippen LogP contribution in [-0.4, -0.2) is 6.29 Å². The van der Waals surface area contributed by atoms with Crippen molar-refractivity contribution in [1.82, 2.24) is 0 Å². The first-order valence-electron chi connectivity index (χ1n) is 5.14. The molecular formula is C13H22N2OS2. The van der Waals surface area contributed by atoms with Gasteiger partial charge in [-0.3, -0.25) is 0 Å². The molecule has 0 aliphatic carbocycles. The van der Waals surface area contributed by atoms with E-state index in [2.05, 4.69) is 6.92 Å². The number of hydrogen-bond acceptors (Lipinski definition) is 5. The molecule has 0 atom stereocenters. The van der Waals surface area contributed by atoms with Crippen LogP contribution in [0.5, 0.6) is 0 Å². The van der Waals surface area contributed by atoms with Crippen LogP contribution in [0.3, 0.4) is 0 Å². The van der Waals surface area contributed by atoms with Gasteiger partial charge in [0, 0.05) is 21.6 Å². The van der Waals surface area contributed by atoms with Crippen molar-refractivity contribution in [3.05, 3.63) is 33.2 Å². The Morgan fingerprint density at radius 2 is 1.89 bits per heavy atom. The number of anilines is 2. The Hall–Kier alpha value is -1.33. The van der Waals surface area contributed by atoms with Crippen LogP contribution >= 0.6 is 22.7 Å². The summed E-state index contributed by atoms with van der Waals surface area (Å²) in [6.07, 6.45) is 1.81. The summed E-state index contributed by atoms with van der Waals surface area (Å²) >= 11 is 3.34. The van der Waals surface area contributed by atoms with Gasteiger partial charge in [-0.15, -0.1) is 11.3 Å². The maximum absolute atomic E-state index is 8.81. The lowest BCUT2D eigenvalue weighted by Crippen LogP contribution is -1.84. The van der Waals surface area contributed by atoms with Gasteiger partial charge in [0.25, 0.3) is 0 Å². The van der Waals surface area contributed by atoms with Gasteiger partial charge >= 0.3 is 0 Å². The van der Waals surface area contributed by atoms with Gasteiger partial charge in [0.15, 0.2) is 0 Å². The Balaban J connectivity index is 0. The number of aryl methyl sites for hydroxylation is 1. The topological polar surface area (TPSA) is 69.1 Å². The maximum atomic E-state index is 8.81. The summed E-state index contributed by atoms with van der Waals surface area (Å²) in [5.41, 5.74) is 12.7. The number of carbonyl (C=O) groups is 1. The van der Waals surface area contributed by atoms with Crippen molar-refractivity contribution in [3.63, 3.8) is 0 Å². The van der Waals surface area contributed by atoms with Gasteiger partial charge in [-0.2, -0.15) is 11.3 Å². The zero-order chi connectivity index (χ0) is 13.1. The molecule has 0 spiro atoms. The molecule has 0 unspecified atom stereocenters. The predicted molar refractivity (Wildman–Crippen MR) is 85.3 cm³/mol. The zero-order valence-electron chi connectivity index (χ0n) is 10.1. The van der Waals surface area contributed by atoms with Crippen LogP contribution in [0.4, 0.5) is 11.4 Å². The minimum atomic E-state index is 0. The molecule has 102 valence electrons. The molecule has 3 nitrogen and oxygen atoms in total. The van der Waals surface area contributed by atoms with Gasteiger partial charge in [-0.05, 0) is 36.2 Å². The van der Waals surface area contributed by atoms with Crippen LogP contribution in [0.25, 0.3) is 0 Å². The van der Waals surface area contributed by atoms with E-state index in [-0.39, 0.29) is 7.43 Å². The molecule has 18 heavy (non-hydrogen) atoms. The molecule has 5 heteroatoms. The number of thiophene rings is 2. The highest BCUT2D eigenvalue weighted by molar-refractivity contribution is 7.10. The summed E-state index contributed by atoms with van der Waals surface area (Å²) in [4.78, 5) is 10.1. The summed E-state index contributed by atoms with van der Waals surface area (Å²) < 4.78 is 0. The molecule has 0 amide bonds. The van der Waals surface area contributed by atoms with Crippen molar-refractivity contribution < 1.29 is 4.79 Å². The normalized spacial score (nSPS) is 7.89. The second-order valence-electron chi connectivity index (χ2n) is 2.95. The second kappa shape index (κ2) is 12.1. The molecule has 4 N–H and O–H groups in total. The van der Waals surface area contributed by atoms with E-state index in [1.54, 1.807) is 22.7 Å². The molecular weight excluding hydrogens is 264 g/mol. The molecule has 2 rings (SSSR count). The van der Waals surface area contributed by atoms with E-state index in [4.69, 9.17) is 16.3 Å². The predicted octanol–water partition coefficient (Wildman–Crippen LogP) is 4.06. The smallest absolute Gasteiger partial charge is 0.116 e. The average molecular weight is 286 g/mol. The number of aldehydes is 1. The molecule has 0 saturated heterocycles. The molecule has 0 bridgehead atoms. The molecule has 2 aromatic rings. The van der Waals surface area contributed by atoms with E-state index < -0.39 is 0 Å². The molecule has 2 aromatic heterocycles. The Kier molecular flexibility index (Phi) is 12.8. The van der Waals surface area contributed by atoms with Gasteiger partial charge in [0.05, 0.1) is 0 Å². The van der Waals surface area contributed by atoms with E-state index in [1.165, 1.54) is 11.8 Å². The van der Waals surface area contributed by atoms with Crippen LogP contribution in [0.15, 0.2) is 28.3 Å². The fraction of sp³-hybridized carbons (Fsp3) is 0.308. The molecule has 0 fully saturated rings. The lowest BCUT2D eigenvalue weighted by Gasteiger charge is -1.88. The van der Waals surface area contributed by atoms with E-state index >= 15 is 0 Å². The first kappa shape index (κ1) is 19.0. The lowest BCUT2D eigenvalue weighted by molar-refractivity contribution is -0.106. The quantitative estimate of drug-likeness (QED) is 0.777. The highest BCUT2D eigenvalue weighted by atomic mass is 32.1. The maximum Gasteiger partial charge on any atom is 0.116 e. The zero-order valence-corrected chi connectivity index (χ0v) is 11.7.